The van der Waals surface area contributed by atoms with Gasteiger partial charge in [0.2, 0.25) is 0 Å². The van der Waals surface area contributed by atoms with Gasteiger partial charge >= 0.3 is 0 Å². The Morgan fingerprint density at radius 2 is 2.12 bits per heavy atom. The van der Waals surface area contributed by atoms with E-state index in [9.17, 15) is 4.39 Å². The zero-order chi connectivity index (χ0) is 12.1. The van der Waals surface area contributed by atoms with Gasteiger partial charge < -0.3 is 5.32 Å². The molecule has 2 atom stereocenters. The fourth-order valence-electron chi connectivity index (χ4n) is 2.52. The van der Waals surface area contributed by atoms with Crippen LogP contribution in [0, 0.1) is 11.8 Å². The van der Waals surface area contributed by atoms with Crippen molar-refractivity contribution in [2.75, 3.05) is 6.54 Å². The summed E-state index contributed by atoms with van der Waals surface area (Å²) in [7, 11) is 0. The summed E-state index contributed by atoms with van der Waals surface area (Å²) in [5.74, 6) is 1.28. The van der Waals surface area contributed by atoms with Gasteiger partial charge in [0.05, 0.1) is 0 Å². The zero-order valence-corrected chi connectivity index (χ0v) is 11.1. The van der Waals surface area contributed by atoms with E-state index in [-0.39, 0.29) is 0 Å². The SMILES string of the molecule is CC(C)/C(NC[C@H](C)F)=C1\CCC[C@H](C)C1. The Morgan fingerprint density at radius 3 is 2.62 bits per heavy atom. The molecule has 0 aliphatic heterocycles. The summed E-state index contributed by atoms with van der Waals surface area (Å²) < 4.78 is 12.9. The minimum atomic E-state index is -0.768. The predicted molar refractivity (Wildman–Crippen MR) is 68.1 cm³/mol. The molecule has 1 fully saturated rings. The lowest BCUT2D eigenvalue weighted by molar-refractivity contribution is 0.347. The third kappa shape index (κ3) is 4.15. The number of nitrogens with one attached hydrogen (secondary N) is 1. The van der Waals surface area contributed by atoms with E-state index in [1.165, 1.54) is 37.0 Å². The zero-order valence-electron chi connectivity index (χ0n) is 11.1. The monoisotopic (exact) mass is 227 g/mol. The molecule has 0 amide bonds. The molecule has 1 nitrogen and oxygen atoms in total. The largest absolute Gasteiger partial charge is 0.385 e. The lowest BCUT2D eigenvalue weighted by Crippen LogP contribution is -2.26. The molecule has 0 spiro atoms. The van der Waals surface area contributed by atoms with Crippen LogP contribution in [0.5, 0.6) is 0 Å². The van der Waals surface area contributed by atoms with Crippen LogP contribution in [0.2, 0.25) is 0 Å². The van der Waals surface area contributed by atoms with Crippen molar-refractivity contribution >= 4 is 0 Å². The second kappa shape index (κ2) is 6.27. The quantitative estimate of drug-likeness (QED) is 0.764. The van der Waals surface area contributed by atoms with Gasteiger partial charge in [-0.3, -0.25) is 0 Å². The molecule has 16 heavy (non-hydrogen) atoms. The van der Waals surface area contributed by atoms with Crippen molar-refractivity contribution in [2.45, 2.75) is 59.5 Å². The average molecular weight is 227 g/mol. The van der Waals surface area contributed by atoms with Crippen LogP contribution in [0.1, 0.15) is 53.4 Å². The van der Waals surface area contributed by atoms with Crippen molar-refractivity contribution in [3.63, 3.8) is 0 Å². The van der Waals surface area contributed by atoms with Gasteiger partial charge in [0.25, 0.3) is 0 Å². The van der Waals surface area contributed by atoms with Crippen molar-refractivity contribution in [2.24, 2.45) is 11.8 Å². The maximum absolute atomic E-state index is 12.9. The van der Waals surface area contributed by atoms with E-state index in [2.05, 4.69) is 26.1 Å². The fourth-order valence-corrected chi connectivity index (χ4v) is 2.52. The molecule has 0 unspecified atom stereocenters. The fraction of sp³-hybridized carbons (Fsp3) is 0.857. The van der Waals surface area contributed by atoms with E-state index >= 15 is 0 Å². The van der Waals surface area contributed by atoms with Gasteiger partial charge in [-0.25, -0.2) is 4.39 Å². The lowest BCUT2D eigenvalue weighted by atomic mass is 9.84. The molecule has 0 bridgehead atoms. The van der Waals surface area contributed by atoms with E-state index < -0.39 is 6.17 Å². The third-order valence-corrected chi connectivity index (χ3v) is 3.30. The van der Waals surface area contributed by atoms with Gasteiger partial charge in [-0.05, 0) is 38.0 Å². The molecule has 1 aliphatic rings. The second-order valence-corrected chi connectivity index (χ2v) is 5.54. The van der Waals surface area contributed by atoms with E-state index in [0.29, 0.717) is 12.5 Å². The Hall–Kier alpha value is -0.530. The number of alkyl halides is 1. The molecular weight excluding hydrogens is 201 g/mol. The molecule has 1 aliphatic carbocycles. The first-order chi connectivity index (χ1) is 7.50. The normalized spacial score (nSPS) is 26.8. The maximum atomic E-state index is 12.9. The third-order valence-electron chi connectivity index (χ3n) is 3.30. The summed E-state index contributed by atoms with van der Waals surface area (Å²) >= 11 is 0. The Kier molecular flexibility index (Phi) is 5.30. The number of hydrogen-bond acceptors (Lipinski definition) is 1. The first kappa shape index (κ1) is 13.5. The van der Waals surface area contributed by atoms with Crippen LogP contribution >= 0.6 is 0 Å². The molecule has 1 saturated carbocycles. The molecule has 0 radical (unpaired) electrons. The van der Waals surface area contributed by atoms with Crippen LogP contribution in [-0.4, -0.2) is 12.7 Å². The summed E-state index contributed by atoms with van der Waals surface area (Å²) in [6.45, 7) is 8.76. The minimum Gasteiger partial charge on any atom is -0.385 e. The Labute approximate surface area is 99.5 Å². The number of allylic oxidation sites excluding steroid dienone is 2. The molecule has 0 aromatic heterocycles. The first-order valence-corrected chi connectivity index (χ1v) is 6.60. The molecule has 1 rings (SSSR count). The summed E-state index contributed by atoms with van der Waals surface area (Å²) in [6.07, 6.45) is 4.26. The lowest BCUT2D eigenvalue weighted by Gasteiger charge is -2.26. The van der Waals surface area contributed by atoms with Gasteiger partial charge in [-0.15, -0.1) is 0 Å². The molecule has 0 saturated heterocycles. The Morgan fingerprint density at radius 1 is 1.44 bits per heavy atom. The van der Waals surface area contributed by atoms with E-state index in [1.807, 2.05) is 0 Å². The van der Waals surface area contributed by atoms with Crippen LogP contribution in [0.3, 0.4) is 0 Å². The Balaban J connectivity index is 2.69. The van der Waals surface area contributed by atoms with Crippen LogP contribution in [-0.2, 0) is 0 Å². The van der Waals surface area contributed by atoms with Gasteiger partial charge in [0.15, 0.2) is 0 Å². The van der Waals surface area contributed by atoms with Crippen LogP contribution in [0.25, 0.3) is 0 Å². The number of rotatable bonds is 4. The predicted octanol–water partition coefficient (Wildman–Crippen LogP) is 4.05. The minimum absolute atomic E-state index is 0.450. The van der Waals surface area contributed by atoms with Gasteiger partial charge in [0.1, 0.15) is 6.17 Å². The van der Waals surface area contributed by atoms with Gasteiger partial charge in [0, 0.05) is 12.2 Å². The highest BCUT2D eigenvalue weighted by molar-refractivity contribution is 5.17. The molecule has 2 heteroatoms. The van der Waals surface area contributed by atoms with Gasteiger partial charge in [-0.2, -0.15) is 0 Å². The van der Waals surface area contributed by atoms with Gasteiger partial charge in [-0.1, -0.05) is 32.8 Å². The summed E-state index contributed by atoms with van der Waals surface area (Å²) in [6, 6.07) is 0. The molecular formula is C14H26FN. The highest BCUT2D eigenvalue weighted by atomic mass is 19.1. The van der Waals surface area contributed by atoms with E-state index in [0.717, 1.165) is 5.92 Å². The summed E-state index contributed by atoms with van der Waals surface area (Å²) in [5.41, 5.74) is 2.84. The van der Waals surface area contributed by atoms with Crippen molar-refractivity contribution < 1.29 is 4.39 Å². The number of halogens is 1. The van der Waals surface area contributed by atoms with Crippen molar-refractivity contribution in [1.29, 1.82) is 0 Å². The highest BCUT2D eigenvalue weighted by Gasteiger charge is 2.18. The van der Waals surface area contributed by atoms with Crippen molar-refractivity contribution in [3.05, 3.63) is 11.3 Å². The van der Waals surface area contributed by atoms with E-state index in [1.54, 1.807) is 6.92 Å². The highest BCUT2D eigenvalue weighted by Crippen LogP contribution is 2.31. The molecule has 0 aromatic rings. The topological polar surface area (TPSA) is 12.0 Å². The summed E-state index contributed by atoms with van der Waals surface area (Å²) in [4.78, 5) is 0. The second-order valence-electron chi connectivity index (χ2n) is 5.54. The van der Waals surface area contributed by atoms with Crippen LogP contribution in [0.15, 0.2) is 11.3 Å². The van der Waals surface area contributed by atoms with Crippen molar-refractivity contribution in [3.8, 4) is 0 Å². The molecule has 94 valence electrons. The summed E-state index contributed by atoms with van der Waals surface area (Å²) in [5, 5.41) is 3.31. The molecule has 1 N–H and O–H groups in total. The smallest absolute Gasteiger partial charge is 0.114 e. The van der Waals surface area contributed by atoms with Crippen molar-refractivity contribution in [1.82, 2.24) is 5.32 Å². The van der Waals surface area contributed by atoms with Crippen LogP contribution in [0.4, 0.5) is 4.39 Å². The average Bonchev–Trinajstić information content (AvgIpc) is 2.17. The molecule has 0 heterocycles. The van der Waals surface area contributed by atoms with E-state index in [4.69, 9.17) is 0 Å². The van der Waals surface area contributed by atoms with Crippen LogP contribution < -0.4 is 5.32 Å². The first-order valence-electron chi connectivity index (χ1n) is 6.60. The maximum Gasteiger partial charge on any atom is 0.114 e. The Bertz CT molecular complexity index is 243. The number of hydrogen-bond donors (Lipinski definition) is 1. The standard InChI is InChI=1S/C14H26FN/c1-10(2)14(16-9-12(4)15)13-7-5-6-11(3)8-13/h10-12,16H,5-9H2,1-4H3/b14-13-/t11-,12-/m0/s1. The molecule has 0 aromatic carbocycles.